The minimum Gasteiger partial charge on any atom is 0 e. The molecule has 1 atom stereocenters. The van der Waals surface area contributed by atoms with Crippen LogP contribution in [0.25, 0.3) is 0 Å². The summed E-state index contributed by atoms with van der Waals surface area (Å²) < 4.78 is 25.5. The van der Waals surface area contributed by atoms with E-state index in [-0.39, 0.29) is 17.4 Å². The molecule has 1 heterocycles. The Morgan fingerprint density at radius 2 is 1.03 bits per heavy atom. The summed E-state index contributed by atoms with van der Waals surface area (Å²) in [5.41, 5.74) is 7.86. The molecular formula is C30H51CrNO3Si2. The van der Waals surface area contributed by atoms with Gasteiger partial charge in [-0.3, -0.25) is 0 Å². The van der Waals surface area contributed by atoms with Crippen LogP contribution in [0.1, 0.15) is 95.6 Å². The standard InChI is InChI=1S/C27H51NSi2.3CO.Cr/c1-18(2)29(19(3)4,20(5)6)27-16-14-15-26-25(27)17-24(13)28(26)30(21(7)8,22(9)10)23(11)12;3*1-2;/h14-16,18-24H,17H2,1-13H3;;;;. The van der Waals surface area contributed by atoms with Crippen molar-refractivity contribution in [3.63, 3.8) is 0 Å². The largest absolute Gasteiger partial charge is 0 e. The molecule has 0 N–H and O–H groups in total. The summed E-state index contributed by atoms with van der Waals surface area (Å²) in [4.78, 5) is 0. The van der Waals surface area contributed by atoms with Crippen molar-refractivity contribution >= 4 is 27.2 Å². The molecule has 0 radical (unpaired) electrons. The molecule has 1 aromatic rings. The number of benzene rings is 1. The number of hydrogen-bond donors (Lipinski definition) is 0. The number of hydrogen-bond acceptors (Lipinski definition) is 1. The Kier molecular flexibility index (Phi) is 19.5. The van der Waals surface area contributed by atoms with E-state index >= 15 is 0 Å². The second-order valence-corrected chi connectivity index (χ2v) is 23.6. The quantitative estimate of drug-likeness (QED) is 0.173. The molecule has 7 heteroatoms. The molecular weight excluding hydrogens is 531 g/mol. The van der Waals surface area contributed by atoms with Crippen LogP contribution in [0.15, 0.2) is 18.2 Å². The summed E-state index contributed by atoms with van der Waals surface area (Å²) in [5.74, 6) is 0. The van der Waals surface area contributed by atoms with Crippen molar-refractivity contribution in [2.45, 2.75) is 136 Å². The summed E-state index contributed by atoms with van der Waals surface area (Å²) in [6, 6.07) is 8.06. The van der Waals surface area contributed by atoms with Gasteiger partial charge >= 0.3 is 33.9 Å². The third kappa shape index (κ3) is 7.24. The third-order valence-electron chi connectivity index (χ3n) is 8.88. The first kappa shape index (κ1) is 40.7. The average Bonchev–Trinajstić information content (AvgIpc) is 3.14. The van der Waals surface area contributed by atoms with E-state index in [9.17, 15) is 0 Å². The molecule has 0 aromatic heterocycles. The maximum Gasteiger partial charge on any atom is 0 e. The van der Waals surface area contributed by atoms with Gasteiger partial charge in [0.25, 0.3) is 0 Å². The Morgan fingerprint density at radius 1 is 0.676 bits per heavy atom. The average molecular weight is 582 g/mol. The molecule has 0 saturated carbocycles. The van der Waals surface area contributed by atoms with E-state index in [0.717, 1.165) is 33.2 Å². The second kappa shape index (κ2) is 17.7. The second-order valence-electron chi connectivity index (χ2n) is 12.0. The molecule has 1 unspecified atom stereocenters. The minimum absolute atomic E-state index is 0. The first-order chi connectivity index (χ1) is 16.8. The van der Waals surface area contributed by atoms with Crippen molar-refractivity contribution in [1.29, 1.82) is 0 Å². The Bertz CT molecular complexity index is 802. The Labute approximate surface area is 241 Å². The van der Waals surface area contributed by atoms with Crippen LogP contribution >= 0.6 is 0 Å². The number of anilines is 1. The van der Waals surface area contributed by atoms with Gasteiger partial charge < -0.3 is 4.57 Å². The predicted molar refractivity (Wildman–Crippen MR) is 156 cm³/mol. The van der Waals surface area contributed by atoms with Gasteiger partial charge in [0.1, 0.15) is 0 Å². The van der Waals surface area contributed by atoms with Gasteiger partial charge in [0.15, 0.2) is 8.24 Å². The van der Waals surface area contributed by atoms with Crippen molar-refractivity contribution in [2.24, 2.45) is 0 Å². The number of nitrogens with zero attached hydrogens (tertiary/aromatic N) is 1. The molecule has 0 aliphatic carbocycles. The van der Waals surface area contributed by atoms with Crippen LogP contribution in [0, 0.1) is 20.0 Å². The zero-order chi connectivity index (χ0) is 29.2. The first-order valence-corrected chi connectivity index (χ1v) is 17.7. The van der Waals surface area contributed by atoms with E-state index in [1.54, 1.807) is 16.4 Å². The maximum atomic E-state index is 7.50. The summed E-state index contributed by atoms with van der Waals surface area (Å²) in [6.45, 7) is 46.1. The van der Waals surface area contributed by atoms with Gasteiger partial charge in [-0.1, -0.05) is 100 Å². The molecule has 1 aromatic carbocycles. The van der Waals surface area contributed by atoms with Crippen LogP contribution in [0.5, 0.6) is 0 Å². The normalized spacial score (nSPS) is 14.8. The molecule has 37 heavy (non-hydrogen) atoms. The Balaban J connectivity index is -0.00000153. The van der Waals surface area contributed by atoms with Crippen molar-refractivity contribution in [3.8, 4) is 0 Å². The van der Waals surface area contributed by atoms with Crippen LogP contribution in [0.4, 0.5) is 5.69 Å². The van der Waals surface area contributed by atoms with Gasteiger partial charge in [0.2, 0.25) is 0 Å². The Hall–Kier alpha value is -0.794. The fourth-order valence-electron chi connectivity index (χ4n) is 8.40. The molecule has 208 valence electrons. The molecule has 0 fully saturated rings. The van der Waals surface area contributed by atoms with Gasteiger partial charge in [-0.15, -0.1) is 0 Å². The molecule has 0 amide bonds. The van der Waals surface area contributed by atoms with Crippen LogP contribution in [-0.2, 0) is 37.7 Å². The zero-order valence-corrected chi connectivity index (χ0v) is 28.8. The topological polar surface area (TPSA) is 62.9 Å². The monoisotopic (exact) mass is 581 g/mol. The summed E-state index contributed by atoms with van der Waals surface area (Å²) >= 11 is 0. The summed E-state index contributed by atoms with van der Waals surface area (Å²) in [7, 11) is -3.40. The Morgan fingerprint density at radius 3 is 1.32 bits per heavy atom. The molecule has 4 nitrogen and oxygen atoms in total. The number of fused-ring (bicyclic) bond motifs is 1. The van der Waals surface area contributed by atoms with E-state index in [1.807, 2.05) is 0 Å². The van der Waals surface area contributed by atoms with E-state index in [2.05, 4.69) is 133 Å². The molecule has 1 aliphatic rings. The van der Waals surface area contributed by atoms with Crippen molar-refractivity contribution in [2.75, 3.05) is 4.57 Å². The predicted octanol–water partition coefficient (Wildman–Crippen LogP) is 8.38. The molecule has 2 rings (SSSR count). The van der Waals surface area contributed by atoms with Crippen LogP contribution in [-0.4, -0.2) is 22.4 Å². The van der Waals surface area contributed by atoms with Crippen molar-refractivity contribution in [1.82, 2.24) is 0 Å². The van der Waals surface area contributed by atoms with E-state index < -0.39 is 16.3 Å². The van der Waals surface area contributed by atoms with E-state index in [1.165, 1.54) is 6.42 Å². The van der Waals surface area contributed by atoms with Crippen LogP contribution in [0.3, 0.4) is 0 Å². The maximum absolute atomic E-state index is 7.50. The van der Waals surface area contributed by atoms with Gasteiger partial charge in [-0.2, -0.15) is 0 Å². The van der Waals surface area contributed by atoms with Crippen LogP contribution < -0.4 is 9.75 Å². The van der Waals surface area contributed by atoms with Gasteiger partial charge in [-0.25, -0.2) is 0 Å². The summed E-state index contributed by atoms with van der Waals surface area (Å²) in [5, 5.41) is 1.79. The number of rotatable bonds is 8. The first-order valence-electron chi connectivity index (χ1n) is 13.3. The minimum atomic E-state index is -1.72. The van der Waals surface area contributed by atoms with E-state index in [0.29, 0.717) is 6.04 Å². The smallest absolute Gasteiger partial charge is 0 e. The fourth-order valence-corrected chi connectivity index (χ4v) is 22.6. The fraction of sp³-hybridized carbons (Fsp3) is 0.700. The molecule has 0 saturated heterocycles. The van der Waals surface area contributed by atoms with Gasteiger partial charge in [0, 0.05) is 29.1 Å². The van der Waals surface area contributed by atoms with Gasteiger partial charge in [-0.05, 0) is 58.2 Å². The zero-order valence-electron chi connectivity index (χ0n) is 25.6. The third-order valence-corrected chi connectivity index (χ3v) is 23.1. The SMILES string of the molecule is CC1Cc2c(cccc2[Si](C(C)C)(C(C)C)C(C)C)N1[Si](C(C)C)(C(C)C)C(C)C.[C-]#[O+].[C-]#[O+].[C-]#[O+].[Cr]. The molecule has 1 aliphatic heterocycles. The molecule has 0 bridgehead atoms. The van der Waals surface area contributed by atoms with Gasteiger partial charge in [0.05, 0.1) is 8.07 Å². The van der Waals surface area contributed by atoms with Crippen LogP contribution in [0.2, 0.25) is 33.2 Å². The van der Waals surface area contributed by atoms with Crippen molar-refractivity contribution in [3.05, 3.63) is 43.7 Å². The summed E-state index contributed by atoms with van der Waals surface area (Å²) in [6.07, 6.45) is 1.24. The molecule has 0 spiro atoms. The van der Waals surface area contributed by atoms with Crippen molar-refractivity contribution < 1.29 is 31.3 Å². The van der Waals surface area contributed by atoms with E-state index in [4.69, 9.17) is 14.0 Å².